The van der Waals surface area contributed by atoms with Crippen molar-refractivity contribution in [1.29, 1.82) is 0 Å². The molecule has 0 saturated carbocycles. The lowest BCUT2D eigenvalue weighted by Crippen LogP contribution is -2.32. The van der Waals surface area contributed by atoms with Gasteiger partial charge in [-0.1, -0.05) is 0 Å². The van der Waals surface area contributed by atoms with E-state index in [0.717, 1.165) is 37.1 Å². The fraction of sp³-hybridized carbons (Fsp3) is 0.190. The maximum Gasteiger partial charge on any atom is 0.321 e. The molecule has 1 aromatic carbocycles. The molecule has 2 N–H and O–H groups in total. The molecule has 0 unspecified atom stereocenters. The van der Waals surface area contributed by atoms with Gasteiger partial charge in [-0.05, 0) is 43.2 Å². The van der Waals surface area contributed by atoms with Crippen LogP contribution in [0.3, 0.4) is 0 Å². The summed E-state index contributed by atoms with van der Waals surface area (Å²) in [6, 6.07) is 8.01. The summed E-state index contributed by atoms with van der Waals surface area (Å²) >= 11 is 0. The molecule has 0 spiro atoms. The molecule has 5 rings (SSSR count). The Balaban J connectivity index is 1.46. The SMILES string of the molecule is O=C(Nc1ccc(F)c(-c2nc3ncc(-c4ccoc4)cc3[nH]2)c1)N1CCCC1. The number of halogens is 1. The number of fused-ring (bicyclic) bond motifs is 1. The normalized spacial score (nSPS) is 13.9. The molecule has 29 heavy (non-hydrogen) atoms. The van der Waals surface area contributed by atoms with E-state index in [9.17, 15) is 9.18 Å². The predicted molar refractivity (Wildman–Crippen MR) is 107 cm³/mol. The van der Waals surface area contributed by atoms with Gasteiger partial charge in [0.15, 0.2) is 5.65 Å². The quantitative estimate of drug-likeness (QED) is 0.532. The summed E-state index contributed by atoms with van der Waals surface area (Å²) in [6.45, 7) is 1.49. The number of nitrogens with zero attached hydrogens (tertiary/aromatic N) is 3. The van der Waals surface area contributed by atoms with Crippen molar-refractivity contribution in [1.82, 2.24) is 19.9 Å². The van der Waals surface area contributed by atoms with Gasteiger partial charge in [0.1, 0.15) is 11.6 Å². The third kappa shape index (κ3) is 3.33. The van der Waals surface area contributed by atoms with E-state index in [1.165, 1.54) is 6.07 Å². The molecule has 0 aliphatic carbocycles. The van der Waals surface area contributed by atoms with E-state index >= 15 is 0 Å². The van der Waals surface area contributed by atoms with E-state index < -0.39 is 5.82 Å². The Bertz CT molecular complexity index is 1180. The van der Waals surface area contributed by atoms with Gasteiger partial charge in [-0.2, -0.15) is 0 Å². The highest BCUT2D eigenvalue weighted by molar-refractivity contribution is 5.90. The van der Waals surface area contributed by atoms with Crippen LogP contribution in [-0.2, 0) is 0 Å². The molecule has 1 aliphatic heterocycles. The summed E-state index contributed by atoms with van der Waals surface area (Å²) in [5.74, 6) is -0.0788. The van der Waals surface area contributed by atoms with Crippen LogP contribution < -0.4 is 5.32 Å². The standard InChI is InChI=1S/C21H18FN5O2/c22-17-4-3-15(24-21(28)27-6-1-2-7-27)10-16(17)19-25-18-9-14(11-23-20(18)26-19)13-5-8-29-12-13/h3-5,8-12H,1-2,6-7H2,(H,24,28)(H,23,25,26). The zero-order valence-electron chi connectivity index (χ0n) is 15.5. The molecule has 1 saturated heterocycles. The Labute approximate surface area is 165 Å². The smallest absolute Gasteiger partial charge is 0.321 e. The van der Waals surface area contributed by atoms with Crippen molar-refractivity contribution in [2.75, 3.05) is 18.4 Å². The number of hydrogen-bond acceptors (Lipinski definition) is 4. The van der Waals surface area contributed by atoms with E-state index in [1.54, 1.807) is 35.8 Å². The van der Waals surface area contributed by atoms with Crippen LogP contribution >= 0.6 is 0 Å². The number of aromatic nitrogens is 3. The van der Waals surface area contributed by atoms with Gasteiger partial charge < -0.3 is 19.6 Å². The molecule has 8 heteroatoms. The number of benzene rings is 1. The minimum Gasteiger partial charge on any atom is -0.472 e. The first-order valence-corrected chi connectivity index (χ1v) is 9.41. The first-order chi connectivity index (χ1) is 14.2. The maximum absolute atomic E-state index is 14.5. The van der Waals surface area contributed by atoms with Crippen molar-refractivity contribution in [3.8, 4) is 22.5 Å². The summed E-state index contributed by atoms with van der Waals surface area (Å²) < 4.78 is 19.6. The van der Waals surface area contributed by atoms with Gasteiger partial charge in [0.25, 0.3) is 0 Å². The van der Waals surface area contributed by atoms with Crippen LogP contribution in [0.5, 0.6) is 0 Å². The zero-order chi connectivity index (χ0) is 19.8. The van der Waals surface area contributed by atoms with Crippen molar-refractivity contribution in [2.45, 2.75) is 12.8 Å². The van der Waals surface area contributed by atoms with Gasteiger partial charge in [0, 0.05) is 36.1 Å². The van der Waals surface area contributed by atoms with Gasteiger partial charge in [0.05, 0.1) is 23.6 Å². The van der Waals surface area contributed by atoms with E-state index in [4.69, 9.17) is 4.42 Å². The second-order valence-corrected chi connectivity index (χ2v) is 7.01. The maximum atomic E-state index is 14.5. The molecule has 146 valence electrons. The van der Waals surface area contributed by atoms with Gasteiger partial charge in [-0.3, -0.25) is 0 Å². The zero-order valence-corrected chi connectivity index (χ0v) is 15.5. The summed E-state index contributed by atoms with van der Waals surface area (Å²) in [6.07, 6.45) is 6.94. The molecular formula is C21H18FN5O2. The Morgan fingerprint density at radius 2 is 2.03 bits per heavy atom. The van der Waals surface area contributed by atoms with E-state index in [1.807, 2.05) is 12.1 Å². The number of rotatable bonds is 3. The lowest BCUT2D eigenvalue weighted by Gasteiger charge is -2.16. The van der Waals surface area contributed by atoms with Gasteiger partial charge in [-0.25, -0.2) is 19.2 Å². The number of imidazole rings is 1. The molecule has 7 nitrogen and oxygen atoms in total. The number of likely N-dealkylation sites (tertiary alicyclic amines) is 1. The Hall–Kier alpha value is -3.68. The second kappa shape index (κ2) is 7.05. The molecular weight excluding hydrogens is 373 g/mol. The predicted octanol–water partition coefficient (Wildman–Crippen LogP) is 4.65. The number of carbonyl (C=O) groups excluding carboxylic acids is 1. The number of H-pyrrole nitrogens is 1. The van der Waals surface area contributed by atoms with E-state index in [2.05, 4.69) is 20.3 Å². The average Bonchev–Trinajstić information content (AvgIpc) is 3.49. The molecule has 2 amide bonds. The highest BCUT2D eigenvalue weighted by Crippen LogP contribution is 2.28. The topological polar surface area (TPSA) is 87.0 Å². The lowest BCUT2D eigenvalue weighted by molar-refractivity contribution is 0.222. The summed E-state index contributed by atoms with van der Waals surface area (Å²) in [4.78, 5) is 26.0. The van der Waals surface area contributed by atoms with Crippen molar-refractivity contribution in [3.05, 3.63) is 54.9 Å². The minimum absolute atomic E-state index is 0.170. The number of urea groups is 1. The number of anilines is 1. The van der Waals surface area contributed by atoms with Crippen LogP contribution in [0.15, 0.2) is 53.5 Å². The molecule has 0 atom stereocenters. The van der Waals surface area contributed by atoms with Crippen LogP contribution in [0.4, 0.5) is 14.9 Å². The number of furan rings is 1. The number of carbonyl (C=O) groups is 1. The first-order valence-electron chi connectivity index (χ1n) is 9.41. The highest BCUT2D eigenvalue weighted by Gasteiger charge is 2.19. The molecule has 1 fully saturated rings. The fourth-order valence-electron chi connectivity index (χ4n) is 3.52. The van der Waals surface area contributed by atoms with Crippen molar-refractivity contribution in [3.63, 3.8) is 0 Å². The van der Waals surface area contributed by atoms with E-state index in [0.29, 0.717) is 22.7 Å². The average molecular weight is 391 g/mol. The van der Waals surface area contributed by atoms with Gasteiger partial charge in [-0.15, -0.1) is 0 Å². The molecule has 4 heterocycles. The monoisotopic (exact) mass is 391 g/mol. The molecule has 0 radical (unpaired) electrons. The Kier molecular flexibility index (Phi) is 4.23. The molecule has 4 aromatic rings. The largest absolute Gasteiger partial charge is 0.472 e. The van der Waals surface area contributed by atoms with Crippen LogP contribution in [0.2, 0.25) is 0 Å². The second-order valence-electron chi connectivity index (χ2n) is 7.01. The van der Waals surface area contributed by atoms with Gasteiger partial charge >= 0.3 is 6.03 Å². The van der Waals surface area contributed by atoms with Crippen LogP contribution in [0, 0.1) is 5.82 Å². The van der Waals surface area contributed by atoms with Crippen LogP contribution in [0.25, 0.3) is 33.7 Å². The molecule has 3 aromatic heterocycles. The van der Waals surface area contributed by atoms with Crippen LogP contribution in [0.1, 0.15) is 12.8 Å². The number of pyridine rings is 1. The lowest BCUT2D eigenvalue weighted by atomic mass is 10.1. The van der Waals surface area contributed by atoms with Crippen LogP contribution in [-0.4, -0.2) is 39.0 Å². The fourth-order valence-corrected chi connectivity index (χ4v) is 3.52. The Morgan fingerprint density at radius 3 is 2.83 bits per heavy atom. The summed E-state index contributed by atoms with van der Waals surface area (Å²) in [7, 11) is 0. The molecule has 0 bridgehead atoms. The third-order valence-electron chi connectivity index (χ3n) is 5.06. The van der Waals surface area contributed by atoms with Crippen molar-refractivity contribution < 1.29 is 13.6 Å². The van der Waals surface area contributed by atoms with Crippen molar-refractivity contribution in [2.24, 2.45) is 0 Å². The minimum atomic E-state index is -0.432. The van der Waals surface area contributed by atoms with E-state index in [-0.39, 0.29) is 11.6 Å². The van der Waals surface area contributed by atoms with Crippen molar-refractivity contribution >= 4 is 22.9 Å². The number of nitrogens with one attached hydrogen (secondary N) is 2. The van der Waals surface area contributed by atoms with Gasteiger partial charge in [0.2, 0.25) is 0 Å². The first kappa shape index (κ1) is 17.4. The highest BCUT2D eigenvalue weighted by atomic mass is 19.1. The third-order valence-corrected chi connectivity index (χ3v) is 5.06. The number of hydrogen-bond donors (Lipinski definition) is 2. The summed E-state index contributed by atoms with van der Waals surface area (Å²) in [5.41, 5.74) is 3.72. The molecule has 1 aliphatic rings. The Morgan fingerprint density at radius 1 is 1.17 bits per heavy atom. The number of aromatic amines is 1. The summed E-state index contributed by atoms with van der Waals surface area (Å²) in [5, 5.41) is 2.84. The number of amides is 2.